The number of rotatable bonds is 6. The van der Waals surface area contributed by atoms with Gasteiger partial charge in [-0.15, -0.1) is 0 Å². The minimum atomic E-state index is -0.374. The van der Waals surface area contributed by atoms with Crippen LogP contribution in [0.25, 0.3) is 16.7 Å². The Hall–Kier alpha value is -3.81. The molecule has 2 heterocycles. The lowest BCUT2D eigenvalue weighted by atomic mass is 9.99. The van der Waals surface area contributed by atoms with Gasteiger partial charge < -0.3 is 5.32 Å². The molecule has 0 saturated carbocycles. The molecule has 0 unspecified atom stereocenters. The summed E-state index contributed by atoms with van der Waals surface area (Å²) in [6.45, 7) is 4.12. The molecule has 1 atom stereocenters. The van der Waals surface area contributed by atoms with Gasteiger partial charge in [0.25, 0.3) is 5.56 Å². The molecule has 1 amide bonds. The number of amides is 1. The number of fused-ring (bicyclic) bond motifs is 1. The summed E-state index contributed by atoms with van der Waals surface area (Å²) in [4.78, 5) is 29.5. The topological polar surface area (TPSA) is 81.8 Å². The summed E-state index contributed by atoms with van der Waals surface area (Å²) in [5.74, 6) is -0.238. The molecule has 0 aliphatic rings. The van der Waals surface area contributed by atoms with Crippen molar-refractivity contribution in [3.8, 4) is 5.69 Å². The number of carbonyl (C=O) groups excluding carboxylic acids is 1. The van der Waals surface area contributed by atoms with Gasteiger partial charge in [-0.3, -0.25) is 14.2 Å². The Kier molecular flexibility index (Phi) is 5.62. The highest BCUT2D eigenvalue weighted by Gasteiger charge is 2.13. The Bertz CT molecular complexity index is 1280. The predicted octanol–water partition coefficient (Wildman–Crippen LogP) is 3.87. The van der Waals surface area contributed by atoms with Gasteiger partial charge in [0.2, 0.25) is 5.91 Å². The van der Waals surface area contributed by atoms with Crippen molar-refractivity contribution in [1.82, 2.24) is 19.3 Å². The van der Waals surface area contributed by atoms with Crippen LogP contribution in [0.3, 0.4) is 0 Å². The SMILES string of the molecule is CC[C@@H](C)c1ccc(NC(=O)Cn2cnc3c(cnn3-c3ccc(F)cc3)c2=O)cc1. The molecule has 0 spiro atoms. The summed E-state index contributed by atoms with van der Waals surface area (Å²) in [7, 11) is 0. The van der Waals surface area contributed by atoms with Crippen LogP contribution in [0.1, 0.15) is 31.7 Å². The van der Waals surface area contributed by atoms with Crippen LogP contribution in [0, 0.1) is 5.82 Å². The summed E-state index contributed by atoms with van der Waals surface area (Å²) in [5, 5.41) is 7.27. The molecule has 0 fully saturated rings. The third-order valence-corrected chi connectivity index (χ3v) is 5.32. The van der Waals surface area contributed by atoms with Crippen molar-refractivity contribution < 1.29 is 9.18 Å². The van der Waals surface area contributed by atoms with Crippen LogP contribution in [-0.4, -0.2) is 25.2 Å². The minimum absolute atomic E-state index is 0.170. The molecule has 31 heavy (non-hydrogen) atoms. The van der Waals surface area contributed by atoms with Gasteiger partial charge in [0.1, 0.15) is 24.1 Å². The summed E-state index contributed by atoms with van der Waals surface area (Å²) in [5.41, 5.74) is 2.43. The molecule has 4 rings (SSSR count). The van der Waals surface area contributed by atoms with Crippen LogP contribution in [0.2, 0.25) is 0 Å². The first kappa shape index (κ1) is 20.5. The lowest BCUT2D eigenvalue weighted by Crippen LogP contribution is -2.27. The summed E-state index contributed by atoms with van der Waals surface area (Å²) < 4.78 is 15.9. The number of benzene rings is 2. The fourth-order valence-electron chi connectivity index (χ4n) is 3.32. The normalized spacial score (nSPS) is 12.1. The number of carbonyl (C=O) groups is 1. The number of halogens is 1. The Morgan fingerprint density at radius 3 is 2.52 bits per heavy atom. The van der Waals surface area contributed by atoms with Crippen LogP contribution < -0.4 is 10.9 Å². The third-order valence-electron chi connectivity index (χ3n) is 5.32. The average Bonchev–Trinajstić information content (AvgIpc) is 3.21. The molecule has 2 aromatic heterocycles. The second kappa shape index (κ2) is 8.51. The van der Waals surface area contributed by atoms with Crippen LogP contribution in [0.5, 0.6) is 0 Å². The van der Waals surface area contributed by atoms with Crippen molar-refractivity contribution in [3.63, 3.8) is 0 Å². The Balaban J connectivity index is 1.52. The van der Waals surface area contributed by atoms with Crippen molar-refractivity contribution in [2.75, 3.05) is 5.32 Å². The van der Waals surface area contributed by atoms with E-state index < -0.39 is 0 Å². The Morgan fingerprint density at radius 1 is 1.13 bits per heavy atom. The van der Waals surface area contributed by atoms with E-state index in [0.717, 1.165) is 6.42 Å². The smallest absolute Gasteiger partial charge is 0.264 e. The van der Waals surface area contributed by atoms with Crippen LogP contribution in [-0.2, 0) is 11.3 Å². The Labute approximate surface area is 178 Å². The monoisotopic (exact) mass is 419 g/mol. The first-order valence-electron chi connectivity index (χ1n) is 10.0. The van der Waals surface area contributed by atoms with Gasteiger partial charge in [0.15, 0.2) is 5.65 Å². The second-order valence-electron chi connectivity index (χ2n) is 7.43. The molecule has 4 aromatic rings. The van der Waals surface area contributed by atoms with Crippen molar-refractivity contribution in [2.24, 2.45) is 0 Å². The molecule has 0 aliphatic carbocycles. The zero-order valence-corrected chi connectivity index (χ0v) is 17.2. The second-order valence-corrected chi connectivity index (χ2v) is 7.43. The highest BCUT2D eigenvalue weighted by Crippen LogP contribution is 2.20. The number of aromatic nitrogens is 4. The fourth-order valence-corrected chi connectivity index (χ4v) is 3.32. The number of hydrogen-bond acceptors (Lipinski definition) is 4. The largest absolute Gasteiger partial charge is 0.325 e. The minimum Gasteiger partial charge on any atom is -0.325 e. The van der Waals surface area contributed by atoms with Crippen LogP contribution in [0.4, 0.5) is 10.1 Å². The van der Waals surface area contributed by atoms with E-state index in [1.54, 1.807) is 12.1 Å². The zero-order valence-electron chi connectivity index (χ0n) is 17.2. The lowest BCUT2D eigenvalue weighted by molar-refractivity contribution is -0.116. The van der Waals surface area contributed by atoms with Crippen LogP contribution in [0.15, 0.2) is 65.8 Å². The number of hydrogen-bond donors (Lipinski definition) is 1. The van der Waals surface area contributed by atoms with Crippen molar-refractivity contribution in [3.05, 3.63) is 82.8 Å². The van der Waals surface area contributed by atoms with E-state index in [4.69, 9.17) is 0 Å². The van der Waals surface area contributed by atoms with Gasteiger partial charge in [0, 0.05) is 5.69 Å². The molecule has 158 valence electrons. The molecule has 0 bridgehead atoms. The van der Waals surface area contributed by atoms with Crippen molar-refractivity contribution in [2.45, 2.75) is 32.7 Å². The van der Waals surface area contributed by atoms with Gasteiger partial charge in [-0.2, -0.15) is 5.10 Å². The maximum atomic E-state index is 13.2. The number of nitrogens with zero attached hydrogens (tertiary/aromatic N) is 4. The van der Waals surface area contributed by atoms with Crippen molar-refractivity contribution >= 4 is 22.6 Å². The molecule has 0 radical (unpaired) electrons. The zero-order chi connectivity index (χ0) is 22.0. The van der Waals surface area contributed by atoms with E-state index >= 15 is 0 Å². The summed E-state index contributed by atoms with van der Waals surface area (Å²) in [6.07, 6.45) is 3.76. The van der Waals surface area contributed by atoms with Gasteiger partial charge in [0.05, 0.1) is 11.9 Å². The molecule has 1 N–H and O–H groups in total. The van der Waals surface area contributed by atoms with Gasteiger partial charge in [-0.25, -0.2) is 14.1 Å². The first-order chi connectivity index (χ1) is 15.0. The molecular weight excluding hydrogens is 397 g/mol. The van der Waals surface area contributed by atoms with E-state index in [1.807, 2.05) is 24.3 Å². The molecule has 0 saturated heterocycles. The van der Waals surface area contributed by atoms with E-state index in [-0.39, 0.29) is 29.2 Å². The maximum absolute atomic E-state index is 13.2. The number of anilines is 1. The van der Waals surface area contributed by atoms with Gasteiger partial charge in [-0.05, 0) is 54.3 Å². The first-order valence-corrected chi connectivity index (χ1v) is 10.0. The molecule has 2 aromatic carbocycles. The van der Waals surface area contributed by atoms with E-state index in [2.05, 4.69) is 29.2 Å². The maximum Gasteiger partial charge on any atom is 0.264 e. The Morgan fingerprint density at radius 2 is 1.84 bits per heavy atom. The molecule has 0 aliphatic heterocycles. The lowest BCUT2D eigenvalue weighted by Gasteiger charge is -2.11. The number of nitrogens with one attached hydrogen (secondary N) is 1. The van der Waals surface area contributed by atoms with Gasteiger partial charge in [-0.1, -0.05) is 26.0 Å². The third kappa shape index (κ3) is 4.23. The van der Waals surface area contributed by atoms with Crippen molar-refractivity contribution in [1.29, 1.82) is 0 Å². The van der Waals surface area contributed by atoms with E-state index in [0.29, 0.717) is 22.9 Å². The van der Waals surface area contributed by atoms with Gasteiger partial charge >= 0.3 is 0 Å². The molecule has 8 heteroatoms. The van der Waals surface area contributed by atoms with E-state index in [9.17, 15) is 14.0 Å². The predicted molar refractivity (Wildman–Crippen MR) is 117 cm³/mol. The molecule has 7 nitrogen and oxygen atoms in total. The van der Waals surface area contributed by atoms with Crippen LogP contribution >= 0.6 is 0 Å². The fraction of sp³-hybridized carbons (Fsp3) is 0.217. The molecular formula is C23H22FN5O2. The summed E-state index contributed by atoms with van der Waals surface area (Å²) in [6, 6.07) is 13.4. The quantitative estimate of drug-likeness (QED) is 0.514. The van der Waals surface area contributed by atoms with E-state index in [1.165, 1.54) is 39.5 Å². The highest BCUT2D eigenvalue weighted by atomic mass is 19.1. The average molecular weight is 419 g/mol. The highest BCUT2D eigenvalue weighted by molar-refractivity contribution is 5.90. The summed E-state index contributed by atoms with van der Waals surface area (Å²) >= 11 is 0. The standard InChI is InChI=1S/C23H22FN5O2/c1-3-15(2)16-4-8-18(9-5-16)27-21(30)13-28-14-25-22-20(23(28)31)12-26-29(22)19-10-6-17(24)7-11-19/h4-12,14-15H,3,13H2,1-2H3,(H,27,30)/t15-/m1/s1.